The predicted molar refractivity (Wildman–Crippen MR) is 121 cm³/mol. The van der Waals surface area contributed by atoms with Gasteiger partial charge in [-0.3, -0.25) is 14.5 Å². The Bertz CT molecular complexity index is 962. The lowest BCUT2D eigenvalue weighted by atomic mass is 10.1. The van der Waals surface area contributed by atoms with Crippen molar-refractivity contribution >= 4 is 28.8 Å². The fraction of sp³-hybridized carbons (Fsp3) is 0.458. The summed E-state index contributed by atoms with van der Waals surface area (Å²) in [5.41, 5.74) is 1.68. The summed E-state index contributed by atoms with van der Waals surface area (Å²) < 4.78 is 5.82. The Morgan fingerprint density at radius 3 is 2.71 bits per heavy atom. The molecule has 2 fully saturated rings. The highest BCUT2D eigenvalue weighted by atomic mass is 16.5. The SMILES string of the molecule is CCCOc1nc2ccccc2cc1/C=C/C(=O)N1CCN(CC(=O)NC2CC2)CC1. The molecule has 2 aliphatic rings. The Kier molecular flexibility index (Phi) is 6.82. The first-order valence-corrected chi connectivity index (χ1v) is 11.1. The van der Waals surface area contributed by atoms with Crippen LogP contribution in [-0.2, 0) is 9.59 Å². The van der Waals surface area contributed by atoms with Crippen LogP contribution in [0.3, 0.4) is 0 Å². The maximum absolute atomic E-state index is 12.7. The topological polar surface area (TPSA) is 74.8 Å². The summed E-state index contributed by atoms with van der Waals surface area (Å²) in [6.07, 6.45) is 6.47. The van der Waals surface area contributed by atoms with Crippen molar-refractivity contribution in [1.82, 2.24) is 20.1 Å². The quantitative estimate of drug-likeness (QED) is 0.662. The number of pyridine rings is 1. The molecule has 1 saturated carbocycles. The molecular formula is C24H30N4O3. The average Bonchev–Trinajstić information content (AvgIpc) is 3.60. The van der Waals surface area contributed by atoms with Crippen LogP contribution in [0, 0.1) is 0 Å². The van der Waals surface area contributed by atoms with Crippen molar-refractivity contribution in [1.29, 1.82) is 0 Å². The molecule has 4 rings (SSSR count). The van der Waals surface area contributed by atoms with Crippen LogP contribution in [0.4, 0.5) is 0 Å². The molecule has 31 heavy (non-hydrogen) atoms. The molecule has 0 bridgehead atoms. The van der Waals surface area contributed by atoms with E-state index in [1.807, 2.05) is 35.2 Å². The van der Waals surface area contributed by atoms with Crippen LogP contribution in [0.25, 0.3) is 17.0 Å². The van der Waals surface area contributed by atoms with Crippen LogP contribution in [0.15, 0.2) is 36.4 Å². The standard InChI is InChI=1S/C24H30N4O3/c1-2-15-31-24-19(16-18-5-3-4-6-21(18)26-24)7-10-23(30)28-13-11-27(12-14-28)17-22(29)25-20-8-9-20/h3-7,10,16,20H,2,8-9,11-15,17H2,1H3,(H,25,29)/b10-7+. The van der Waals surface area contributed by atoms with Gasteiger partial charge in [0.05, 0.1) is 18.7 Å². The molecule has 0 unspecified atom stereocenters. The number of carbonyl (C=O) groups is 2. The van der Waals surface area contributed by atoms with Crippen LogP contribution >= 0.6 is 0 Å². The van der Waals surface area contributed by atoms with Gasteiger partial charge in [0.2, 0.25) is 17.7 Å². The molecule has 0 radical (unpaired) electrons. The molecule has 0 atom stereocenters. The fourth-order valence-electron chi connectivity index (χ4n) is 3.65. The molecule has 1 saturated heterocycles. The summed E-state index contributed by atoms with van der Waals surface area (Å²) in [4.78, 5) is 33.3. The molecule has 1 N–H and O–H groups in total. The minimum atomic E-state index is -0.0308. The summed E-state index contributed by atoms with van der Waals surface area (Å²) in [6.45, 7) is 5.70. The number of amides is 2. The molecule has 164 valence electrons. The zero-order valence-electron chi connectivity index (χ0n) is 18.0. The van der Waals surface area contributed by atoms with Crippen molar-refractivity contribution in [2.24, 2.45) is 0 Å². The highest BCUT2D eigenvalue weighted by molar-refractivity contribution is 5.93. The number of fused-ring (bicyclic) bond motifs is 1. The van der Waals surface area contributed by atoms with E-state index in [0.29, 0.717) is 51.3 Å². The van der Waals surface area contributed by atoms with Crippen molar-refractivity contribution in [3.63, 3.8) is 0 Å². The van der Waals surface area contributed by atoms with Crippen LogP contribution in [0.1, 0.15) is 31.7 Å². The lowest BCUT2D eigenvalue weighted by Crippen LogP contribution is -2.51. The van der Waals surface area contributed by atoms with Gasteiger partial charge in [0.1, 0.15) is 0 Å². The number of rotatable bonds is 8. The molecule has 1 aliphatic heterocycles. The monoisotopic (exact) mass is 422 g/mol. The zero-order chi connectivity index (χ0) is 21.6. The number of nitrogens with one attached hydrogen (secondary N) is 1. The van der Waals surface area contributed by atoms with Crippen molar-refractivity contribution in [2.45, 2.75) is 32.2 Å². The largest absolute Gasteiger partial charge is 0.477 e. The molecule has 2 heterocycles. The van der Waals surface area contributed by atoms with E-state index in [2.05, 4.69) is 22.1 Å². The van der Waals surface area contributed by atoms with Gasteiger partial charge in [-0.05, 0) is 37.5 Å². The number of nitrogens with zero attached hydrogens (tertiary/aromatic N) is 3. The van der Waals surface area contributed by atoms with Gasteiger partial charge < -0.3 is 15.0 Å². The van der Waals surface area contributed by atoms with Crippen molar-refractivity contribution in [3.8, 4) is 5.88 Å². The molecule has 1 aromatic carbocycles. The van der Waals surface area contributed by atoms with Crippen molar-refractivity contribution in [2.75, 3.05) is 39.3 Å². The molecule has 2 amide bonds. The number of carbonyl (C=O) groups excluding carboxylic acids is 2. The first kappa shape index (κ1) is 21.3. The second-order valence-corrected chi connectivity index (χ2v) is 8.20. The summed E-state index contributed by atoms with van der Waals surface area (Å²) in [5, 5.41) is 4.03. The van der Waals surface area contributed by atoms with Crippen LogP contribution in [-0.4, -0.2) is 72.0 Å². The minimum Gasteiger partial charge on any atom is -0.477 e. The molecule has 0 spiro atoms. The smallest absolute Gasteiger partial charge is 0.246 e. The third-order valence-corrected chi connectivity index (χ3v) is 5.56. The minimum absolute atomic E-state index is 0.0308. The van der Waals surface area contributed by atoms with E-state index in [4.69, 9.17) is 4.74 Å². The van der Waals surface area contributed by atoms with E-state index in [9.17, 15) is 9.59 Å². The number of para-hydroxylation sites is 1. The van der Waals surface area contributed by atoms with E-state index in [0.717, 1.165) is 35.7 Å². The maximum atomic E-state index is 12.7. The summed E-state index contributed by atoms with van der Waals surface area (Å²) in [5.74, 6) is 0.610. The Morgan fingerprint density at radius 2 is 1.97 bits per heavy atom. The number of benzene rings is 1. The van der Waals surface area contributed by atoms with Gasteiger partial charge in [-0.25, -0.2) is 4.98 Å². The van der Waals surface area contributed by atoms with Crippen LogP contribution in [0.2, 0.25) is 0 Å². The molecule has 1 aliphatic carbocycles. The number of piperazine rings is 1. The Balaban J connectivity index is 1.36. The van der Waals surface area contributed by atoms with Crippen molar-refractivity contribution < 1.29 is 14.3 Å². The van der Waals surface area contributed by atoms with Gasteiger partial charge in [-0.2, -0.15) is 0 Å². The molecule has 7 heteroatoms. The normalized spacial score (nSPS) is 17.3. The lowest BCUT2D eigenvalue weighted by Gasteiger charge is -2.33. The average molecular weight is 423 g/mol. The first-order valence-electron chi connectivity index (χ1n) is 11.1. The fourth-order valence-corrected chi connectivity index (χ4v) is 3.65. The Labute approximate surface area is 183 Å². The maximum Gasteiger partial charge on any atom is 0.246 e. The van der Waals surface area contributed by atoms with E-state index < -0.39 is 0 Å². The van der Waals surface area contributed by atoms with Gasteiger partial charge in [0, 0.05) is 49.2 Å². The molecular weight excluding hydrogens is 392 g/mol. The third kappa shape index (κ3) is 5.82. The van der Waals surface area contributed by atoms with Crippen molar-refractivity contribution in [3.05, 3.63) is 42.0 Å². The number of hydrogen-bond acceptors (Lipinski definition) is 5. The van der Waals surface area contributed by atoms with Gasteiger partial charge in [-0.1, -0.05) is 25.1 Å². The first-order chi connectivity index (χ1) is 15.1. The Hall–Kier alpha value is -2.93. The highest BCUT2D eigenvalue weighted by Gasteiger charge is 2.26. The Morgan fingerprint density at radius 1 is 1.19 bits per heavy atom. The second-order valence-electron chi connectivity index (χ2n) is 8.20. The lowest BCUT2D eigenvalue weighted by molar-refractivity contribution is -0.128. The molecule has 2 aromatic rings. The van der Waals surface area contributed by atoms with Gasteiger partial charge in [-0.15, -0.1) is 0 Å². The third-order valence-electron chi connectivity index (χ3n) is 5.56. The van der Waals surface area contributed by atoms with Gasteiger partial charge >= 0.3 is 0 Å². The molecule has 7 nitrogen and oxygen atoms in total. The van der Waals surface area contributed by atoms with E-state index in [1.165, 1.54) is 0 Å². The van der Waals surface area contributed by atoms with Crippen LogP contribution in [0.5, 0.6) is 5.88 Å². The van der Waals surface area contributed by atoms with E-state index >= 15 is 0 Å². The predicted octanol–water partition coefficient (Wildman–Crippen LogP) is 2.46. The van der Waals surface area contributed by atoms with Crippen LogP contribution < -0.4 is 10.1 Å². The summed E-state index contributed by atoms with van der Waals surface area (Å²) in [7, 11) is 0. The van der Waals surface area contributed by atoms with E-state index in [-0.39, 0.29) is 11.8 Å². The molecule has 1 aromatic heterocycles. The number of hydrogen-bond donors (Lipinski definition) is 1. The number of ether oxygens (including phenoxy) is 1. The highest BCUT2D eigenvalue weighted by Crippen LogP contribution is 2.24. The summed E-state index contributed by atoms with van der Waals surface area (Å²) in [6, 6.07) is 10.3. The number of aromatic nitrogens is 1. The summed E-state index contributed by atoms with van der Waals surface area (Å²) >= 11 is 0. The second kappa shape index (κ2) is 9.92. The van der Waals surface area contributed by atoms with E-state index in [1.54, 1.807) is 12.2 Å². The van der Waals surface area contributed by atoms with Gasteiger partial charge in [0.15, 0.2) is 0 Å². The van der Waals surface area contributed by atoms with Gasteiger partial charge in [0.25, 0.3) is 0 Å². The zero-order valence-corrected chi connectivity index (χ0v) is 18.0.